The highest BCUT2D eigenvalue weighted by Crippen LogP contribution is 2.15. The molecule has 0 heterocycles. The molecule has 16 heavy (non-hydrogen) atoms. The van der Waals surface area contributed by atoms with Gasteiger partial charge in [0.15, 0.2) is 0 Å². The van der Waals surface area contributed by atoms with Crippen LogP contribution in [0.4, 0.5) is 4.39 Å². The first-order valence-electron chi connectivity index (χ1n) is 5.40. The van der Waals surface area contributed by atoms with Crippen molar-refractivity contribution in [1.29, 1.82) is 0 Å². The lowest BCUT2D eigenvalue weighted by Gasteiger charge is -2.16. The van der Waals surface area contributed by atoms with Crippen molar-refractivity contribution in [2.75, 3.05) is 27.2 Å². The molecule has 0 amide bonds. The molecule has 1 aromatic rings. The fourth-order valence-corrected chi connectivity index (χ4v) is 2.13. The Balaban J connectivity index is 2.45. The van der Waals surface area contributed by atoms with Crippen molar-refractivity contribution in [2.45, 2.75) is 13.0 Å². The zero-order valence-corrected chi connectivity index (χ0v) is 11.3. The molecule has 0 spiro atoms. The van der Waals surface area contributed by atoms with Crippen LogP contribution < -0.4 is 5.32 Å². The van der Waals surface area contributed by atoms with E-state index in [4.69, 9.17) is 0 Å². The van der Waals surface area contributed by atoms with E-state index in [1.165, 1.54) is 6.07 Å². The normalized spacial score (nSPS) is 11.1. The van der Waals surface area contributed by atoms with Crippen LogP contribution in [0.15, 0.2) is 22.7 Å². The Morgan fingerprint density at radius 3 is 2.75 bits per heavy atom. The predicted molar refractivity (Wildman–Crippen MR) is 69.0 cm³/mol. The van der Waals surface area contributed by atoms with Crippen LogP contribution in [0.2, 0.25) is 0 Å². The molecule has 0 bridgehead atoms. The van der Waals surface area contributed by atoms with Crippen LogP contribution in [0, 0.1) is 5.82 Å². The number of hydrogen-bond donors (Lipinski definition) is 1. The Morgan fingerprint density at radius 2 is 2.12 bits per heavy atom. The first-order valence-corrected chi connectivity index (χ1v) is 6.19. The lowest BCUT2D eigenvalue weighted by molar-refractivity contribution is 0.320. The third kappa shape index (κ3) is 5.05. The minimum Gasteiger partial charge on any atom is -0.320 e. The topological polar surface area (TPSA) is 15.3 Å². The van der Waals surface area contributed by atoms with Gasteiger partial charge < -0.3 is 10.2 Å². The van der Waals surface area contributed by atoms with Crippen LogP contribution in [0.1, 0.15) is 12.0 Å². The van der Waals surface area contributed by atoms with Gasteiger partial charge in [-0.25, -0.2) is 4.39 Å². The molecule has 0 aliphatic rings. The summed E-state index contributed by atoms with van der Waals surface area (Å²) in [5, 5.41) is 3.11. The van der Waals surface area contributed by atoms with Crippen LogP contribution in [0.3, 0.4) is 0 Å². The second kappa shape index (κ2) is 6.99. The Labute approximate surface area is 105 Å². The van der Waals surface area contributed by atoms with E-state index >= 15 is 0 Å². The van der Waals surface area contributed by atoms with Crippen LogP contribution in [-0.2, 0) is 6.54 Å². The third-order valence-corrected chi connectivity index (χ3v) is 2.80. The van der Waals surface area contributed by atoms with E-state index in [9.17, 15) is 4.39 Å². The molecule has 0 unspecified atom stereocenters. The molecular formula is C12H18BrFN2. The molecule has 0 aromatic heterocycles. The zero-order valence-electron chi connectivity index (χ0n) is 9.76. The maximum absolute atomic E-state index is 13.1. The number of halogens is 2. The van der Waals surface area contributed by atoms with Crippen LogP contribution in [-0.4, -0.2) is 32.1 Å². The molecule has 0 aliphatic heterocycles. The standard InChI is InChI=1S/C12H18BrFN2/c1-15-4-3-5-16(2)9-10-6-11(13)8-12(14)7-10/h6-8,15H,3-5,9H2,1-2H3. The minimum absolute atomic E-state index is 0.187. The van der Waals surface area contributed by atoms with E-state index in [-0.39, 0.29) is 5.82 Å². The van der Waals surface area contributed by atoms with Crippen molar-refractivity contribution in [3.05, 3.63) is 34.1 Å². The van der Waals surface area contributed by atoms with Gasteiger partial charge in [-0.05, 0) is 57.4 Å². The highest BCUT2D eigenvalue weighted by Gasteiger charge is 2.03. The summed E-state index contributed by atoms with van der Waals surface area (Å²) in [6, 6.07) is 5.02. The Morgan fingerprint density at radius 1 is 1.38 bits per heavy atom. The van der Waals surface area contributed by atoms with Crippen molar-refractivity contribution in [3.63, 3.8) is 0 Å². The SMILES string of the molecule is CNCCCN(C)Cc1cc(F)cc(Br)c1. The second-order valence-corrected chi connectivity index (χ2v) is 4.89. The Hall–Kier alpha value is -0.450. The van der Waals surface area contributed by atoms with E-state index in [0.29, 0.717) is 0 Å². The third-order valence-electron chi connectivity index (χ3n) is 2.34. The first kappa shape index (κ1) is 13.6. The van der Waals surface area contributed by atoms with Crippen molar-refractivity contribution < 1.29 is 4.39 Å². The van der Waals surface area contributed by atoms with Gasteiger partial charge >= 0.3 is 0 Å². The summed E-state index contributed by atoms with van der Waals surface area (Å²) in [7, 11) is 4.00. The Kier molecular flexibility index (Phi) is 5.95. The van der Waals surface area contributed by atoms with Gasteiger partial charge in [0, 0.05) is 11.0 Å². The number of rotatable bonds is 6. The summed E-state index contributed by atoms with van der Waals surface area (Å²) in [4.78, 5) is 2.19. The zero-order chi connectivity index (χ0) is 12.0. The number of nitrogens with zero attached hydrogens (tertiary/aromatic N) is 1. The molecule has 0 saturated heterocycles. The summed E-state index contributed by atoms with van der Waals surface area (Å²) in [6.45, 7) is 2.80. The molecule has 1 rings (SSSR count). The molecule has 0 aliphatic carbocycles. The van der Waals surface area contributed by atoms with Gasteiger partial charge in [-0.3, -0.25) is 0 Å². The molecule has 2 nitrogen and oxygen atoms in total. The second-order valence-electron chi connectivity index (χ2n) is 3.97. The van der Waals surface area contributed by atoms with Crippen LogP contribution >= 0.6 is 15.9 Å². The van der Waals surface area contributed by atoms with Crippen LogP contribution in [0.5, 0.6) is 0 Å². The lowest BCUT2D eigenvalue weighted by atomic mass is 10.2. The van der Waals surface area contributed by atoms with Crippen molar-refractivity contribution in [3.8, 4) is 0 Å². The minimum atomic E-state index is -0.187. The maximum atomic E-state index is 13.1. The summed E-state index contributed by atoms with van der Waals surface area (Å²) in [5.74, 6) is -0.187. The van der Waals surface area contributed by atoms with Gasteiger partial charge in [0.2, 0.25) is 0 Å². The van der Waals surface area contributed by atoms with E-state index in [1.54, 1.807) is 6.07 Å². The molecule has 0 fully saturated rings. The first-order chi connectivity index (χ1) is 7.61. The number of benzene rings is 1. The molecule has 0 radical (unpaired) electrons. The van der Waals surface area contributed by atoms with E-state index in [2.05, 4.69) is 33.2 Å². The van der Waals surface area contributed by atoms with Gasteiger partial charge in [-0.2, -0.15) is 0 Å². The molecule has 1 N–H and O–H groups in total. The molecule has 1 aromatic carbocycles. The summed E-state index contributed by atoms with van der Waals surface area (Å²) < 4.78 is 13.9. The average Bonchev–Trinajstić information content (AvgIpc) is 2.16. The van der Waals surface area contributed by atoms with E-state index in [0.717, 1.165) is 36.1 Å². The number of hydrogen-bond acceptors (Lipinski definition) is 2. The smallest absolute Gasteiger partial charge is 0.124 e. The van der Waals surface area contributed by atoms with Crippen molar-refractivity contribution in [1.82, 2.24) is 10.2 Å². The summed E-state index contributed by atoms with van der Waals surface area (Å²) >= 11 is 3.30. The summed E-state index contributed by atoms with van der Waals surface area (Å²) in [6.07, 6.45) is 1.10. The quantitative estimate of drug-likeness (QED) is 0.810. The van der Waals surface area contributed by atoms with Gasteiger partial charge in [-0.1, -0.05) is 15.9 Å². The monoisotopic (exact) mass is 288 g/mol. The van der Waals surface area contributed by atoms with Crippen LogP contribution in [0.25, 0.3) is 0 Å². The lowest BCUT2D eigenvalue weighted by Crippen LogP contribution is -2.22. The van der Waals surface area contributed by atoms with Gasteiger partial charge in [0.1, 0.15) is 5.82 Å². The van der Waals surface area contributed by atoms with E-state index in [1.807, 2.05) is 13.1 Å². The Bertz CT molecular complexity index is 311. The average molecular weight is 289 g/mol. The van der Waals surface area contributed by atoms with Crippen molar-refractivity contribution >= 4 is 15.9 Å². The molecule has 0 saturated carbocycles. The fraction of sp³-hybridized carbons (Fsp3) is 0.500. The molecular weight excluding hydrogens is 271 g/mol. The number of nitrogens with one attached hydrogen (secondary N) is 1. The maximum Gasteiger partial charge on any atom is 0.124 e. The highest BCUT2D eigenvalue weighted by molar-refractivity contribution is 9.10. The largest absolute Gasteiger partial charge is 0.320 e. The van der Waals surface area contributed by atoms with Crippen molar-refractivity contribution in [2.24, 2.45) is 0 Å². The summed E-state index contributed by atoms with van der Waals surface area (Å²) in [5.41, 5.74) is 0.999. The molecule has 4 heteroatoms. The molecule has 90 valence electrons. The van der Waals surface area contributed by atoms with Gasteiger partial charge in [-0.15, -0.1) is 0 Å². The van der Waals surface area contributed by atoms with Gasteiger partial charge in [0.25, 0.3) is 0 Å². The molecule has 0 atom stereocenters. The van der Waals surface area contributed by atoms with Gasteiger partial charge in [0.05, 0.1) is 0 Å². The highest BCUT2D eigenvalue weighted by atomic mass is 79.9. The van der Waals surface area contributed by atoms with E-state index < -0.39 is 0 Å². The predicted octanol–water partition coefficient (Wildman–Crippen LogP) is 2.63. The fourth-order valence-electron chi connectivity index (χ4n) is 1.62.